The molecular formula is C23H32N2O5S. The van der Waals surface area contributed by atoms with Crippen molar-refractivity contribution in [1.82, 2.24) is 5.32 Å². The molecule has 7 nitrogen and oxygen atoms in total. The van der Waals surface area contributed by atoms with Gasteiger partial charge in [0.2, 0.25) is 15.9 Å². The van der Waals surface area contributed by atoms with Crippen LogP contribution in [0.3, 0.4) is 0 Å². The minimum absolute atomic E-state index is 0.110. The van der Waals surface area contributed by atoms with Gasteiger partial charge in [0.25, 0.3) is 0 Å². The standard InChI is InChI=1S/C23H32N2O5S/c1-7-19(17-12-13-21(29-4)22(14-17)30-5)24-23(26)15-25(31(6,27)28)20-11-9-8-10-18(20)16(2)3/h8-14,16,19H,7,15H2,1-6H3,(H,24,26)/t19-/m1/s1. The molecule has 0 unspecified atom stereocenters. The number of para-hydroxylation sites is 1. The number of amides is 1. The van der Waals surface area contributed by atoms with Crippen LogP contribution in [0.2, 0.25) is 0 Å². The van der Waals surface area contributed by atoms with Gasteiger partial charge in [0.1, 0.15) is 6.54 Å². The van der Waals surface area contributed by atoms with E-state index in [1.165, 1.54) is 4.31 Å². The molecule has 0 aliphatic rings. The zero-order valence-corrected chi connectivity index (χ0v) is 19.8. The summed E-state index contributed by atoms with van der Waals surface area (Å²) >= 11 is 0. The lowest BCUT2D eigenvalue weighted by Crippen LogP contribution is -2.42. The van der Waals surface area contributed by atoms with E-state index < -0.39 is 10.0 Å². The SMILES string of the molecule is CC[C@@H](NC(=O)CN(c1ccccc1C(C)C)S(C)(=O)=O)c1ccc(OC)c(OC)c1. The summed E-state index contributed by atoms with van der Waals surface area (Å²) in [4.78, 5) is 12.9. The van der Waals surface area contributed by atoms with E-state index in [0.717, 1.165) is 17.4 Å². The van der Waals surface area contributed by atoms with Gasteiger partial charge in [-0.05, 0) is 41.7 Å². The molecule has 0 aromatic heterocycles. The first-order chi connectivity index (χ1) is 14.6. The molecule has 2 aromatic carbocycles. The molecule has 8 heteroatoms. The number of nitrogens with one attached hydrogen (secondary N) is 1. The Labute approximate surface area is 185 Å². The summed E-state index contributed by atoms with van der Waals surface area (Å²) in [5.74, 6) is 0.890. The number of carbonyl (C=O) groups is 1. The summed E-state index contributed by atoms with van der Waals surface area (Å²) in [6.45, 7) is 5.63. The lowest BCUT2D eigenvalue weighted by Gasteiger charge is -2.27. The average molecular weight is 449 g/mol. The van der Waals surface area contributed by atoms with Gasteiger partial charge in [0.05, 0.1) is 32.2 Å². The van der Waals surface area contributed by atoms with Gasteiger partial charge in [-0.25, -0.2) is 8.42 Å². The van der Waals surface area contributed by atoms with E-state index in [4.69, 9.17) is 9.47 Å². The highest BCUT2D eigenvalue weighted by atomic mass is 32.2. The lowest BCUT2D eigenvalue weighted by molar-refractivity contribution is -0.120. The molecule has 0 aliphatic carbocycles. The van der Waals surface area contributed by atoms with Gasteiger partial charge in [-0.1, -0.05) is 45.0 Å². The summed E-state index contributed by atoms with van der Waals surface area (Å²) in [6, 6.07) is 12.4. The molecule has 1 atom stereocenters. The van der Waals surface area contributed by atoms with Crippen molar-refractivity contribution in [2.45, 2.75) is 39.2 Å². The molecule has 1 N–H and O–H groups in total. The fourth-order valence-electron chi connectivity index (χ4n) is 3.45. The largest absolute Gasteiger partial charge is 0.493 e. The number of carbonyl (C=O) groups excluding carboxylic acids is 1. The molecule has 0 radical (unpaired) electrons. The highest BCUT2D eigenvalue weighted by molar-refractivity contribution is 7.92. The second-order valence-electron chi connectivity index (χ2n) is 7.63. The third-order valence-electron chi connectivity index (χ3n) is 5.07. The van der Waals surface area contributed by atoms with Crippen molar-refractivity contribution in [2.24, 2.45) is 0 Å². The van der Waals surface area contributed by atoms with Gasteiger partial charge < -0.3 is 14.8 Å². The Morgan fingerprint density at radius 2 is 1.71 bits per heavy atom. The molecule has 0 fully saturated rings. The molecule has 31 heavy (non-hydrogen) atoms. The number of hydrogen-bond donors (Lipinski definition) is 1. The fourth-order valence-corrected chi connectivity index (χ4v) is 4.32. The number of rotatable bonds is 10. The van der Waals surface area contributed by atoms with Gasteiger partial charge in [-0.15, -0.1) is 0 Å². The minimum atomic E-state index is -3.66. The predicted octanol–water partition coefficient (Wildman–Crippen LogP) is 3.86. The van der Waals surface area contributed by atoms with Crippen LogP contribution >= 0.6 is 0 Å². The van der Waals surface area contributed by atoms with Crippen LogP contribution in [0.15, 0.2) is 42.5 Å². The van der Waals surface area contributed by atoms with Crippen LogP contribution in [0, 0.1) is 0 Å². The monoisotopic (exact) mass is 448 g/mol. The number of anilines is 1. The summed E-state index contributed by atoms with van der Waals surface area (Å²) in [7, 11) is -0.546. The molecule has 0 spiro atoms. The molecule has 2 rings (SSSR count). The minimum Gasteiger partial charge on any atom is -0.493 e. The smallest absolute Gasteiger partial charge is 0.241 e. The van der Waals surface area contributed by atoms with Crippen LogP contribution in [-0.4, -0.2) is 41.3 Å². The molecule has 2 aromatic rings. The van der Waals surface area contributed by atoms with E-state index >= 15 is 0 Å². The maximum absolute atomic E-state index is 12.9. The second-order valence-corrected chi connectivity index (χ2v) is 9.53. The molecule has 0 aliphatic heterocycles. The van der Waals surface area contributed by atoms with Gasteiger partial charge in [0.15, 0.2) is 11.5 Å². The molecular weight excluding hydrogens is 416 g/mol. The van der Waals surface area contributed by atoms with Gasteiger partial charge in [-0.3, -0.25) is 9.10 Å². The summed E-state index contributed by atoms with van der Waals surface area (Å²) < 4.78 is 36.9. The van der Waals surface area contributed by atoms with Crippen molar-refractivity contribution in [1.29, 1.82) is 0 Å². The average Bonchev–Trinajstić information content (AvgIpc) is 2.74. The van der Waals surface area contributed by atoms with Crippen molar-refractivity contribution in [3.05, 3.63) is 53.6 Å². The Morgan fingerprint density at radius 1 is 1.06 bits per heavy atom. The second kappa shape index (κ2) is 10.5. The van der Waals surface area contributed by atoms with Crippen LogP contribution in [-0.2, 0) is 14.8 Å². The quantitative estimate of drug-likeness (QED) is 0.597. The van der Waals surface area contributed by atoms with E-state index in [9.17, 15) is 13.2 Å². The van der Waals surface area contributed by atoms with Gasteiger partial charge >= 0.3 is 0 Å². The van der Waals surface area contributed by atoms with Crippen LogP contribution in [0.1, 0.15) is 50.3 Å². The van der Waals surface area contributed by atoms with Crippen LogP contribution in [0.5, 0.6) is 11.5 Å². The maximum atomic E-state index is 12.9. The molecule has 1 amide bonds. The Balaban J connectivity index is 2.29. The van der Waals surface area contributed by atoms with Gasteiger partial charge in [-0.2, -0.15) is 0 Å². The first kappa shape index (κ1) is 24.5. The van der Waals surface area contributed by atoms with E-state index in [2.05, 4.69) is 5.32 Å². The Kier molecular flexibility index (Phi) is 8.33. The Morgan fingerprint density at radius 3 is 2.26 bits per heavy atom. The normalized spacial score (nSPS) is 12.4. The predicted molar refractivity (Wildman–Crippen MR) is 123 cm³/mol. The number of ether oxygens (including phenoxy) is 2. The van der Waals surface area contributed by atoms with E-state index in [1.54, 1.807) is 32.4 Å². The van der Waals surface area contributed by atoms with E-state index in [1.807, 2.05) is 45.0 Å². The van der Waals surface area contributed by atoms with Crippen LogP contribution < -0.4 is 19.1 Å². The molecule has 0 saturated carbocycles. The maximum Gasteiger partial charge on any atom is 0.241 e. The number of nitrogens with zero attached hydrogens (tertiary/aromatic N) is 1. The summed E-state index contributed by atoms with van der Waals surface area (Å²) in [5, 5.41) is 2.95. The van der Waals surface area contributed by atoms with Gasteiger partial charge in [0, 0.05) is 0 Å². The third-order valence-corrected chi connectivity index (χ3v) is 6.19. The number of sulfonamides is 1. The number of benzene rings is 2. The molecule has 0 heterocycles. The highest BCUT2D eigenvalue weighted by Gasteiger charge is 2.25. The fraction of sp³-hybridized carbons (Fsp3) is 0.435. The highest BCUT2D eigenvalue weighted by Crippen LogP contribution is 2.31. The molecule has 0 bridgehead atoms. The topological polar surface area (TPSA) is 84.9 Å². The summed E-state index contributed by atoms with van der Waals surface area (Å²) in [5.41, 5.74) is 2.24. The summed E-state index contributed by atoms with van der Waals surface area (Å²) in [6.07, 6.45) is 1.74. The van der Waals surface area contributed by atoms with Crippen molar-refractivity contribution < 1.29 is 22.7 Å². The van der Waals surface area contributed by atoms with Crippen LogP contribution in [0.4, 0.5) is 5.69 Å². The Bertz CT molecular complexity index is 1000. The van der Waals surface area contributed by atoms with Crippen LogP contribution in [0.25, 0.3) is 0 Å². The van der Waals surface area contributed by atoms with E-state index in [-0.39, 0.29) is 24.4 Å². The van der Waals surface area contributed by atoms with Crippen molar-refractivity contribution in [3.63, 3.8) is 0 Å². The van der Waals surface area contributed by atoms with Crippen molar-refractivity contribution in [3.8, 4) is 11.5 Å². The molecule has 170 valence electrons. The number of methoxy groups -OCH3 is 2. The first-order valence-corrected chi connectivity index (χ1v) is 12.0. The Hall–Kier alpha value is -2.74. The number of hydrogen-bond acceptors (Lipinski definition) is 5. The lowest BCUT2D eigenvalue weighted by atomic mass is 10.0. The van der Waals surface area contributed by atoms with E-state index in [0.29, 0.717) is 23.6 Å². The zero-order valence-electron chi connectivity index (χ0n) is 19.0. The van der Waals surface area contributed by atoms with Crippen molar-refractivity contribution >= 4 is 21.6 Å². The van der Waals surface area contributed by atoms with Crippen molar-refractivity contribution in [2.75, 3.05) is 31.3 Å². The zero-order chi connectivity index (χ0) is 23.2. The third kappa shape index (κ3) is 6.13. The first-order valence-electron chi connectivity index (χ1n) is 10.2. The molecule has 0 saturated heterocycles.